The average molecular weight is 380 g/mol. The van der Waals surface area contributed by atoms with Crippen LogP contribution < -0.4 is 10.1 Å². The smallest absolute Gasteiger partial charge is 0.402 e. The summed E-state index contributed by atoms with van der Waals surface area (Å²) in [6, 6.07) is 5.04. The lowest BCUT2D eigenvalue weighted by Gasteiger charge is -2.42. The number of nitrogens with zero attached hydrogens (tertiary/aromatic N) is 1. The fourth-order valence-electron chi connectivity index (χ4n) is 4.08. The second-order valence-electron chi connectivity index (χ2n) is 7.22. The Balaban J connectivity index is 2.07. The van der Waals surface area contributed by atoms with E-state index in [0.29, 0.717) is 5.69 Å². The van der Waals surface area contributed by atoms with Gasteiger partial charge in [-0.2, -0.15) is 13.2 Å². The van der Waals surface area contributed by atoms with E-state index in [2.05, 4.69) is 10.3 Å². The third kappa shape index (κ3) is 2.66. The number of nitrogens with one attached hydrogen (secondary N) is 1. The van der Waals surface area contributed by atoms with Gasteiger partial charge in [-0.05, 0) is 49.1 Å². The van der Waals surface area contributed by atoms with Crippen LogP contribution in [0.5, 0.6) is 5.88 Å². The molecule has 3 nitrogen and oxygen atoms in total. The SMILES string of the molecule is CCCC1(C(F)(F)F)c2cc(F)ccc2Nc2c1cc(C1CC1)nc2OC. The Morgan fingerprint density at radius 3 is 2.56 bits per heavy atom. The summed E-state index contributed by atoms with van der Waals surface area (Å²) in [6.07, 6.45) is -2.69. The Hall–Kier alpha value is -2.31. The highest BCUT2D eigenvalue weighted by Crippen LogP contribution is 2.59. The number of anilines is 2. The van der Waals surface area contributed by atoms with E-state index in [4.69, 9.17) is 4.74 Å². The molecule has 1 saturated carbocycles. The zero-order chi connectivity index (χ0) is 19.4. The molecule has 1 atom stereocenters. The van der Waals surface area contributed by atoms with Gasteiger partial charge in [0, 0.05) is 22.9 Å². The van der Waals surface area contributed by atoms with Gasteiger partial charge in [0.25, 0.3) is 0 Å². The summed E-state index contributed by atoms with van der Waals surface area (Å²) in [6.45, 7) is 1.70. The normalized spacial score (nSPS) is 21.3. The highest BCUT2D eigenvalue weighted by atomic mass is 19.4. The van der Waals surface area contributed by atoms with Crippen molar-refractivity contribution in [3.05, 3.63) is 46.9 Å². The van der Waals surface area contributed by atoms with Crippen molar-refractivity contribution in [2.45, 2.75) is 50.1 Å². The first-order valence-electron chi connectivity index (χ1n) is 9.05. The van der Waals surface area contributed by atoms with Crippen LogP contribution in [0.15, 0.2) is 24.3 Å². The molecular formula is C20H20F4N2O. The number of fused-ring (bicyclic) bond motifs is 2. The quantitative estimate of drug-likeness (QED) is 0.680. The summed E-state index contributed by atoms with van der Waals surface area (Å²) >= 11 is 0. The Morgan fingerprint density at radius 2 is 1.96 bits per heavy atom. The van der Waals surface area contributed by atoms with Gasteiger partial charge in [0.15, 0.2) is 0 Å². The zero-order valence-corrected chi connectivity index (χ0v) is 15.1. The van der Waals surface area contributed by atoms with Gasteiger partial charge in [0.1, 0.15) is 16.9 Å². The first-order valence-corrected chi connectivity index (χ1v) is 9.05. The van der Waals surface area contributed by atoms with Crippen molar-refractivity contribution in [1.82, 2.24) is 4.98 Å². The van der Waals surface area contributed by atoms with Crippen LogP contribution in [-0.2, 0) is 5.41 Å². The van der Waals surface area contributed by atoms with Crippen LogP contribution in [0.1, 0.15) is 55.3 Å². The van der Waals surface area contributed by atoms with E-state index in [-0.39, 0.29) is 47.1 Å². The fraction of sp³-hybridized carbons (Fsp3) is 0.450. The molecule has 2 heterocycles. The Morgan fingerprint density at radius 1 is 1.22 bits per heavy atom. The molecule has 144 valence electrons. The van der Waals surface area contributed by atoms with Crippen LogP contribution in [0.3, 0.4) is 0 Å². The van der Waals surface area contributed by atoms with E-state index in [9.17, 15) is 17.6 Å². The summed E-state index contributed by atoms with van der Waals surface area (Å²) in [4.78, 5) is 4.44. The topological polar surface area (TPSA) is 34.2 Å². The Kier molecular flexibility index (Phi) is 4.09. The van der Waals surface area contributed by atoms with Gasteiger partial charge in [-0.15, -0.1) is 0 Å². The summed E-state index contributed by atoms with van der Waals surface area (Å²) < 4.78 is 63.2. The van der Waals surface area contributed by atoms with E-state index < -0.39 is 17.4 Å². The first-order chi connectivity index (χ1) is 12.8. The molecule has 2 aromatic rings. The number of ether oxygens (including phenoxy) is 1. The van der Waals surface area contributed by atoms with Crippen molar-refractivity contribution in [3.63, 3.8) is 0 Å². The highest BCUT2D eigenvalue weighted by Gasteiger charge is 2.60. The van der Waals surface area contributed by atoms with E-state index in [1.165, 1.54) is 13.2 Å². The molecule has 1 aliphatic heterocycles. The lowest BCUT2D eigenvalue weighted by Crippen LogP contribution is -2.46. The van der Waals surface area contributed by atoms with Gasteiger partial charge in [-0.3, -0.25) is 0 Å². The number of halogens is 4. The maximum absolute atomic E-state index is 14.6. The first kappa shape index (κ1) is 18.1. The zero-order valence-electron chi connectivity index (χ0n) is 15.1. The van der Waals surface area contributed by atoms with Crippen LogP contribution >= 0.6 is 0 Å². The fourth-order valence-corrected chi connectivity index (χ4v) is 4.08. The van der Waals surface area contributed by atoms with E-state index >= 15 is 0 Å². The van der Waals surface area contributed by atoms with Crippen LogP contribution in [0.4, 0.5) is 28.9 Å². The summed E-state index contributed by atoms with van der Waals surface area (Å²) in [5, 5.41) is 3.00. The molecule has 0 bridgehead atoms. The maximum Gasteiger partial charge on any atom is 0.402 e. The maximum atomic E-state index is 14.6. The predicted molar refractivity (Wildman–Crippen MR) is 94.2 cm³/mol. The molecule has 0 spiro atoms. The lowest BCUT2D eigenvalue weighted by molar-refractivity contribution is -0.180. The molecule has 2 aliphatic rings. The standard InChI is InChI=1S/C20H20F4N2O/c1-3-8-19(20(22,23)24)13-9-12(21)6-7-15(13)25-17-14(19)10-16(11-4-5-11)26-18(17)27-2/h6-7,9-11,25H,3-5,8H2,1-2H3. The van der Waals surface area contributed by atoms with Crippen LogP contribution in [-0.4, -0.2) is 18.3 Å². The molecule has 0 radical (unpaired) electrons. The van der Waals surface area contributed by atoms with Gasteiger partial charge in [0.2, 0.25) is 5.88 Å². The molecule has 1 fully saturated rings. The van der Waals surface area contributed by atoms with Crippen molar-refractivity contribution in [2.75, 3.05) is 12.4 Å². The second-order valence-corrected chi connectivity index (χ2v) is 7.22. The van der Waals surface area contributed by atoms with Gasteiger partial charge >= 0.3 is 6.18 Å². The van der Waals surface area contributed by atoms with Gasteiger partial charge in [-0.1, -0.05) is 13.3 Å². The second kappa shape index (κ2) is 6.11. The van der Waals surface area contributed by atoms with Gasteiger partial charge in [0.05, 0.1) is 7.11 Å². The number of hydrogen-bond acceptors (Lipinski definition) is 3. The van der Waals surface area contributed by atoms with Gasteiger partial charge < -0.3 is 10.1 Å². The third-order valence-corrected chi connectivity index (χ3v) is 5.46. The summed E-state index contributed by atoms with van der Waals surface area (Å²) in [7, 11) is 1.40. The van der Waals surface area contributed by atoms with Crippen molar-refractivity contribution in [1.29, 1.82) is 0 Å². The van der Waals surface area contributed by atoms with E-state index in [1.807, 2.05) is 0 Å². The monoisotopic (exact) mass is 380 g/mol. The van der Waals surface area contributed by atoms with E-state index in [0.717, 1.165) is 25.0 Å². The largest absolute Gasteiger partial charge is 0.480 e. The molecule has 1 aromatic carbocycles. The molecule has 1 aromatic heterocycles. The molecular weight excluding hydrogens is 360 g/mol. The number of pyridine rings is 1. The molecule has 1 aliphatic carbocycles. The minimum Gasteiger partial charge on any atom is -0.480 e. The summed E-state index contributed by atoms with van der Waals surface area (Å²) in [5.41, 5.74) is -1.26. The molecule has 7 heteroatoms. The Labute approximate surface area is 154 Å². The molecule has 0 amide bonds. The average Bonchev–Trinajstić information content (AvgIpc) is 3.45. The molecule has 4 rings (SSSR count). The highest BCUT2D eigenvalue weighted by molar-refractivity contribution is 5.79. The molecule has 1 unspecified atom stereocenters. The molecule has 1 N–H and O–H groups in total. The number of benzene rings is 1. The minimum absolute atomic E-state index is 0.0729. The van der Waals surface area contributed by atoms with Crippen molar-refractivity contribution >= 4 is 11.4 Å². The third-order valence-electron chi connectivity index (χ3n) is 5.46. The summed E-state index contributed by atoms with van der Waals surface area (Å²) in [5.74, 6) is -0.382. The van der Waals surface area contributed by atoms with E-state index in [1.54, 1.807) is 13.0 Å². The van der Waals surface area contributed by atoms with Crippen molar-refractivity contribution in [3.8, 4) is 5.88 Å². The van der Waals surface area contributed by atoms with Crippen LogP contribution in [0.2, 0.25) is 0 Å². The Bertz CT molecular complexity index is 892. The van der Waals surface area contributed by atoms with Crippen LogP contribution in [0, 0.1) is 5.82 Å². The number of hydrogen-bond donors (Lipinski definition) is 1. The van der Waals surface area contributed by atoms with Crippen molar-refractivity contribution in [2.24, 2.45) is 0 Å². The van der Waals surface area contributed by atoms with Crippen molar-refractivity contribution < 1.29 is 22.3 Å². The molecule has 0 saturated heterocycles. The number of methoxy groups -OCH3 is 1. The van der Waals surface area contributed by atoms with Gasteiger partial charge in [-0.25, -0.2) is 9.37 Å². The number of alkyl halides is 3. The van der Waals surface area contributed by atoms with Crippen LogP contribution in [0.25, 0.3) is 0 Å². The number of aromatic nitrogens is 1. The predicted octanol–water partition coefficient (Wildman–Crippen LogP) is 5.81. The lowest BCUT2D eigenvalue weighted by atomic mass is 9.67. The minimum atomic E-state index is -4.60. The molecule has 27 heavy (non-hydrogen) atoms. The number of rotatable bonds is 4.